The number of methoxy groups -OCH3 is 1. The van der Waals surface area contributed by atoms with Crippen LogP contribution in [0.3, 0.4) is 0 Å². The molecule has 0 radical (unpaired) electrons. The lowest BCUT2D eigenvalue weighted by molar-refractivity contribution is 0.101. The number of ether oxygens (including phenoxy) is 1. The van der Waals surface area contributed by atoms with Crippen molar-refractivity contribution in [3.05, 3.63) is 51.9 Å². The number of carbonyl (C=O) groups is 1. The van der Waals surface area contributed by atoms with E-state index in [-0.39, 0.29) is 5.78 Å². The fourth-order valence-electron chi connectivity index (χ4n) is 1.89. The van der Waals surface area contributed by atoms with E-state index < -0.39 is 0 Å². The molecule has 2 rings (SSSR count). The number of aromatic nitrogens is 2. The first kappa shape index (κ1) is 14.5. The summed E-state index contributed by atoms with van der Waals surface area (Å²) in [4.78, 5) is 19.8. The molecule has 2 heterocycles. The Bertz CT molecular complexity index is 639. The normalized spacial score (nSPS) is 10.4. The molecule has 5 heteroatoms. The Labute approximate surface area is 122 Å². The van der Waals surface area contributed by atoms with Crippen molar-refractivity contribution < 1.29 is 9.53 Å². The van der Waals surface area contributed by atoms with Gasteiger partial charge in [0, 0.05) is 25.6 Å². The molecule has 0 spiro atoms. The highest BCUT2D eigenvalue weighted by Crippen LogP contribution is 2.23. The zero-order valence-electron chi connectivity index (χ0n) is 11.6. The maximum Gasteiger partial charge on any atom is 0.212 e. The van der Waals surface area contributed by atoms with Crippen molar-refractivity contribution in [2.45, 2.75) is 20.3 Å². The number of ketones is 1. The second-order valence-corrected chi connectivity index (χ2v) is 4.89. The first-order chi connectivity index (χ1) is 9.51. The van der Waals surface area contributed by atoms with E-state index in [0.717, 1.165) is 11.1 Å². The van der Waals surface area contributed by atoms with E-state index in [1.54, 1.807) is 32.4 Å². The second kappa shape index (κ2) is 6.01. The highest BCUT2D eigenvalue weighted by molar-refractivity contribution is 6.32. The molecule has 0 aliphatic rings. The van der Waals surface area contributed by atoms with Crippen molar-refractivity contribution in [1.82, 2.24) is 9.97 Å². The highest BCUT2D eigenvalue weighted by atomic mass is 35.5. The second-order valence-electron chi connectivity index (χ2n) is 4.51. The van der Waals surface area contributed by atoms with E-state index >= 15 is 0 Å². The molecule has 2 aromatic heterocycles. The van der Waals surface area contributed by atoms with Crippen molar-refractivity contribution in [3.63, 3.8) is 0 Å². The summed E-state index contributed by atoms with van der Waals surface area (Å²) in [5.74, 6) is 0.494. The standard InChI is InChI=1S/C15H15ClN2O2/c1-9-15(16)12(7-13(18-9)10(2)19)6-11-4-5-14(20-3)17-8-11/h4-5,7-8H,6H2,1-3H3. The van der Waals surface area contributed by atoms with Crippen LogP contribution in [0.15, 0.2) is 24.4 Å². The van der Waals surface area contributed by atoms with Crippen molar-refractivity contribution in [3.8, 4) is 5.88 Å². The van der Waals surface area contributed by atoms with Crippen molar-refractivity contribution in [1.29, 1.82) is 0 Å². The molecule has 0 bridgehead atoms. The molecule has 0 unspecified atom stereocenters. The molecular formula is C15H15ClN2O2. The van der Waals surface area contributed by atoms with Crippen molar-refractivity contribution in [2.24, 2.45) is 0 Å². The number of aryl methyl sites for hydroxylation is 1. The molecule has 0 saturated carbocycles. The number of Topliss-reactive ketones (excluding diaryl/α,β-unsaturated/α-hetero) is 1. The van der Waals surface area contributed by atoms with Gasteiger partial charge in [-0.25, -0.2) is 9.97 Å². The third-order valence-corrected chi connectivity index (χ3v) is 3.48. The molecule has 0 aromatic carbocycles. The molecule has 0 aliphatic heterocycles. The van der Waals surface area contributed by atoms with E-state index in [9.17, 15) is 4.79 Å². The average molecular weight is 291 g/mol. The predicted molar refractivity (Wildman–Crippen MR) is 77.6 cm³/mol. The summed E-state index contributed by atoms with van der Waals surface area (Å²) in [6, 6.07) is 5.45. The smallest absolute Gasteiger partial charge is 0.212 e. The van der Waals surface area contributed by atoms with Gasteiger partial charge in [-0.05, 0) is 24.1 Å². The maximum absolute atomic E-state index is 11.5. The number of halogens is 1. The summed E-state index contributed by atoms with van der Waals surface area (Å²) in [5, 5.41) is 0.589. The Hall–Kier alpha value is -1.94. The van der Waals surface area contributed by atoms with Crippen LogP contribution in [0, 0.1) is 6.92 Å². The Morgan fingerprint density at radius 1 is 1.40 bits per heavy atom. The number of nitrogens with zero attached hydrogens (tertiary/aromatic N) is 2. The molecule has 0 aliphatic carbocycles. The summed E-state index contributed by atoms with van der Waals surface area (Å²) in [6.07, 6.45) is 2.33. The first-order valence-corrected chi connectivity index (χ1v) is 6.55. The summed E-state index contributed by atoms with van der Waals surface area (Å²) in [7, 11) is 1.57. The predicted octanol–water partition coefficient (Wildman–Crippen LogP) is 3.24. The van der Waals surface area contributed by atoms with E-state index in [2.05, 4.69) is 9.97 Å². The van der Waals surface area contributed by atoms with Crippen LogP contribution in [-0.2, 0) is 6.42 Å². The SMILES string of the molecule is COc1ccc(Cc2cc(C(C)=O)nc(C)c2Cl)cn1. The third kappa shape index (κ3) is 3.14. The summed E-state index contributed by atoms with van der Waals surface area (Å²) in [5.41, 5.74) is 2.96. The quantitative estimate of drug-likeness (QED) is 0.811. The van der Waals surface area contributed by atoms with Crippen LogP contribution in [0.5, 0.6) is 5.88 Å². The molecule has 4 nitrogen and oxygen atoms in total. The van der Waals surface area contributed by atoms with Crippen molar-refractivity contribution in [2.75, 3.05) is 7.11 Å². The lowest BCUT2D eigenvalue weighted by Crippen LogP contribution is -2.03. The summed E-state index contributed by atoms with van der Waals surface area (Å²) >= 11 is 6.26. The fourth-order valence-corrected chi connectivity index (χ4v) is 2.05. The van der Waals surface area contributed by atoms with Gasteiger partial charge in [-0.3, -0.25) is 4.79 Å². The molecule has 0 saturated heterocycles. The molecule has 0 atom stereocenters. The van der Waals surface area contributed by atoms with Crippen molar-refractivity contribution >= 4 is 17.4 Å². The Balaban J connectivity index is 2.34. The fraction of sp³-hybridized carbons (Fsp3) is 0.267. The van der Waals surface area contributed by atoms with E-state index in [1.165, 1.54) is 6.92 Å². The van der Waals surface area contributed by atoms with Crippen LogP contribution in [0.25, 0.3) is 0 Å². The zero-order chi connectivity index (χ0) is 14.7. The Morgan fingerprint density at radius 3 is 2.70 bits per heavy atom. The van der Waals surface area contributed by atoms with Gasteiger partial charge in [-0.1, -0.05) is 17.7 Å². The molecular weight excluding hydrogens is 276 g/mol. The molecule has 104 valence electrons. The minimum atomic E-state index is -0.0705. The van der Waals surface area contributed by atoms with Gasteiger partial charge in [-0.2, -0.15) is 0 Å². The Morgan fingerprint density at radius 2 is 2.15 bits per heavy atom. The molecule has 0 fully saturated rings. The van der Waals surface area contributed by atoms with Crippen LogP contribution in [0.1, 0.15) is 34.2 Å². The van der Waals surface area contributed by atoms with Crippen LogP contribution in [-0.4, -0.2) is 22.9 Å². The minimum absolute atomic E-state index is 0.0705. The number of rotatable bonds is 4. The number of pyridine rings is 2. The maximum atomic E-state index is 11.5. The molecule has 2 aromatic rings. The monoisotopic (exact) mass is 290 g/mol. The lowest BCUT2D eigenvalue weighted by Gasteiger charge is -2.09. The van der Waals surface area contributed by atoms with Gasteiger partial charge >= 0.3 is 0 Å². The van der Waals surface area contributed by atoms with E-state index in [0.29, 0.717) is 28.7 Å². The minimum Gasteiger partial charge on any atom is -0.481 e. The Kier molecular flexibility index (Phi) is 4.35. The van der Waals surface area contributed by atoms with Gasteiger partial charge in [0.15, 0.2) is 5.78 Å². The van der Waals surface area contributed by atoms with Crippen LogP contribution in [0.2, 0.25) is 5.02 Å². The summed E-state index contributed by atoms with van der Waals surface area (Å²) < 4.78 is 5.02. The highest BCUT2D eigenvalue weighted by Gasteiger charge is 2.11. The summed E-state index contributed by atoms with van der Waals surface area (Å²) in [6.45, 7) is 3.29. The number of hydrogen-bond donors (Lipinski definition) is 0. The van der Waals surface area contributed by atoms with Crippen LogP contribution in [0.4, 0.5) is 0 Å². The van der Waals surface area contributed by atoms with Crippen LogP contribution >= 0.6 is 11.6 Å². The van der Waals surface area contributed by atoms with Gasteiger partial charge in [0.05, 0.1) is 17.8 Å². The largest absolute Gasteiger partial charge is 0.481 e. The zero-order valence-corrected chi connectivity index (χ0v) is 12.4. The topological polar surface area (TPSA) is 52.1 Å². The van der Waals surface area contributed by atoms with Gasteiger partial charge in [-0.15, -0.1) is 0 Å². The lowest BCUT2D eigenvalue weighted by atomic mass is 10.0. The number of carbonyl (C=O) groups excluding carboxylic acids is 1. The van der Waals surface area contributed by atoms with Gasteiger partial charge in [0.2, 0.25) is 5.88 Å². The molecule has 0 amide bonds. The third-order valence-electron chi connectivity index (χ3n) is 2.96. The first-order valence-electron chi connectivity index (χ1n) is 6.17. The average Bonchev–Trinajstić information content (AvgIpc) is 2.44. The number of hydrogen-bond acceptors (Lipinski definition) is 4. The van der Waals surface area contributed by atoms with Gasteiger partial charge in [0.1, 0.15) is 5.69 Å². The van der Waals surface area contributed by atoms with E-state index in [1.807, 2.05) is 6.07 Å². The molecule has 0 N–H and O–H groups in total. The van der Waals surface area contributed by atoms with Crippen LogP contribution < -0.4 is 4.74 Å². The van der Waals surface area contributed by atoms with E-state index in [4.69, 9.17) is 16.3 Å². The molecule has 20 heavy (non-hydrogen) atoms. The van der Waals surface area contributed by atoms with Gasteiger partial charge in [0.25, 0.3) is 0 Å². The van der Waals surface area contributed by atoms with Gasteiger partial charge < -0.3 is 4.74 Å².